The number of nitrogens with one attached hydrogen (secondary N) is 1. The van der Waals surface area contributed by atoms with E-state index < -0.39 is 13.4 Å². The van der Waals surface area contributed by atoms with Gasteiger partial charge in [0.2, 0.25) is 0 Å². The van der Waals surface area contributed by atoms with E-state index in [4.69, 9.17) is 14.6 Å². The quantitative estimate of drug-likeness (QED) is 0.226. The Labute approximate surface area is 161 Å². The zero-order chi connectivity index (χ0) is 20.7. The van der Waals surface area contributed by atoms with Gasteiger partial charge in [-0.2, -0.15) is 0 Å². The molecule has 0 aliphatic heterocycles. The fourth-order valence-electron chi connectivity index (χ4n) is 2.37. The Morgan fingerprint density at radius 1 is 0.808 bits per heavy atom. The van der Waals surface area contributed by atoms with Gasteiger partial charge in [-0.15, -0.1) is 0 Å². The van der Waals surface area contributed by atoms with Crippen molar-refractivity contribution in [2.45, 2.75) is 105 Å². The molecule has 0 bridgehead atoms. The second-order valence-electron chi connectivity index (χ2n) is 8.93. The Morgan fingerprint density at radius 2 is 1.23 bits per heavy atom. The van der Waals surface area contributed by atoms with E-state index in [0.717, 1.165) is 6.54 Å². The first-order valence-electron chi connectivity index (χ1n) is 9.79. The van der Waals surface area contributed by atoms with E-state index in [1.54, 1.807) is 27.9 Å². The van der Waals surface area contributed by atoms with Crippen LogP contribution in [0, 0.1) is 5.41 Å². The zero-order valence-corrected chi connectivity index (χ0v) is 19.0. The van der Waals surface area contributed by atoms with E-state index in [1.165, 1.54) is 57.8 Å². The highest BCUT2D eigenvalue weighted by Crippen LogP contribution is 2.40. The van der Waals surface area contributed by atoms with Crippen molar-refractivity contribution in [3.8, 4) is 0 Å². The van der Waals surface area contributed by atoms with Crippen LogP contribution < -0.4 is 5.48 Å². The molecule has 0 amide bonds. The topological polar surface area (TPSA) is 88.0 Å². The first-order chi connectivity index (χ1) is 11.8. The summed E-state index contributed by atoms with van der Waals surface area (Å²) in [6.07, 6.45) is 12.4. The summed E-state index contributed by atoms with van der Waals surface area (Å²) in [6.45, 7) is 12.7. The first kappa shape index (κ1) is 28.2. The van der Waals surface area contributed by atoms with Crippen molar-refractivity contribution in [3.05, 3.63) is 0 Å². The van der Waals surface area contributed by atoms with Crippen LogP contribution in [0.4, 0.5) is 0 Å². The number of phosphoric ester groups is 1. The Bertz CT molecular complexity index is 358. The molecule has 7 heteroatoms. The molecule has 0 aromatic rings. The van der Waals surface area contributed by atoms with E-state index in [2.05, 4.69) is 30.8 Å². The summed E-state index contributed by atoms with van der Waals surface area (Å²) in [6, 6.07) is 0. The van der Waals surface area contributed by atoms with Crippen LogP contribution in [0.3, 0.4) is 0 Å². The molecule has 0 radical (unpaired) electrons. The Kier molecular flexibility index (Phi) is 16.3. The second-order valence-corrected chi connectivity index (χ2v) is 10.1. The SMILES string of the molecule is CC(C)(C)OP(=O)(O)O.CONCCCCCCCCCCC(C)(C)C. The van der Waals surface area contributed by atoms with Crippen molar-refractivity contribution in [2.75, 3.05) is 13.7 Å². The number of phosphoric acid groups is 1. The highest BCUT2D eigenvalue weighted by Gasteiger charge is 2.23. The lowest BCUT2D eigenvalue weighted by Gasteiger charge is -2.18. The van der Waals surface area contributed by atoms with Crippen LogP contribution in [-0.2, 0) is 13.9 Å². The normalized spacial score (nSPS) is 12.7. The smallest absolute Gasteiger partial charge is 0.305 e. The van der Waals surface area contributed by atoms with Gasteiger partial charge in [-0.05, 0) is 39.0 Å². The lowest BCUT2D eigenvalue weighted by Crippen LogP contribution is -2.16. The second kappa shape index (κ2) is 15.0. The maximum Gasteiger partial charge on any atom is 0.470 e. The Morgan fingerprint density at radius 3 is 1.54 bits per heavy atom. The maximum atomic E-state index is 10.1. The number of hydrogen-bond donors (Lipinski definition) is 3. The predicted octanol–water partition coefficient (Wildman–Crippen LogP) is 5.59. The van der Waals surface area contributed by atoms with E-state index >= 15 is 0 Å². The van der Waals surface area contributed by atoms with Crippen molar-refractivity contribution in [3.63, 3.8) is 0 Å². The van der Waals surface area contributed by atoms with Gasteiger partial charge in [-0.1, -0.05) is 65.7 Å². The van der Waals surface area contributed by atoms with Crippen LogP contribution in [0.5, 0.6) is 0 Å². The molecule has 3 N–H and O–H groups in total. The van der Waals surface area contributed by atoms with Crippen LogP contribution in [0.1, 0.15) is 99.3 Å². The summed E-state index contributed by atoms with van der Waals surface area (Å²) in [4.78, 5) is 21.3. The number of hydrogen-bond acceptors (Lipinski definition) is 4. The third-order valence-electron chi connectivity index (χ3n) is 3.49. The van der Waals surface area contributed by atoms with Crippen LogP contribution in [0.25, 0.3) is 0 Å². The van der Waals surface area contributed by atoms with Crippen LogP contribution in [0.2, 0.25) is 0 Å². The molecule has 0 aliphatic carbocycles. The van der Waals surface area contributed by atoms with Crippen LogP contribution >= 0.6 is 7.82 Å². The third kappa shape index (κ3) is 31.8. The standard InChI is InChI=1S/C15H33NO.C4H11O4P/c1-15(2,3)13-11-9-7-5-6-8-10-12-14-16-17-4;1-4(2,3)8-9(5,6)7/h16H,5-14H2,1-4H3;1-3H3,(H2,5,6,7). The minimum Gasteiger partial charge on any atom is -0.305 e. The van der Waals surface area contributed by atoms with Gasteiger partial charge in [0.15, 0.2) is 0 Å². The highest BCUT2D eigenvalue weighted by molar-refractivity contribution is 7.46. The molecule has 0 spiro atoms. The number of rotatable bonds is 12. The third-order valence-corrected chi connectivity index (χ3v) is 4.28. The molecule has 0 rings (SSSR count). The number of unbranched alkanes of at least 4 members (excludes halogenated alkanes) is 7. The molecular weight excluding hydrogens is 353 g/mol. The molecule has 6 nitrogen and oxygen atoms in total. The van der Waals surface area contributed by atoms with Gasteiger partial charge in [0.1, 0.15) is 0 Å². The van der Waals surface area contributed by atoms with Gasteiger partial charge < -0.3 is 14.6 Å². The van der Waals surface area contributed by atoms with Gasteiger partial charge >= 0.3 is 7.82 Å². The van der Waals surface area contributed by atoms with E-state index in [-0.39, 0.29) is 0 Å². The zero-order valence-electron chi connectivity index (χ0n) is 18.1. The monoisotopic (exact) mass is 397 g/mol. The maximum absolute atomic E-state index is 10.1. The van der Waals surface area contributed by atoms with E-state index in [0.29, 0.717) is 5.41 Å². The van der Waals surface area contributed by atoms with Gasteiger partial charge in [0.05, 0.1) is 12.7 Å². The van der Waals surface area contributed by atoms with Crippen LogP contribution in [-0.4, -0.2) is 29.0 Å². The largest absolute Gasteiger partial charge is 0.470 e. The van der Waals surface area contributed by atoms with Crippen molar-refractivity contribution < 1.29 is 23.7 Å². The molecule has 0 heterocycles. The molecule has 0 unspecified atom stereocenters. The molecule has 160 valence electrons. The summed E-state index contributed by atoms with van der Waals surface area (Å²) in [5.74, 6) is 0. The number of hydroxylamine groups is 1. The van der Waals surface area contributed by atoms with Gasteiger partial charge in [-0.3, -0.25) is 4.52 Å². The fourth-order valence-corrected chi connectivity index (χ4v) is 3.09. The minimum absolute atomic E-state index is 0.522. The lowest BCUT2D eigenvalue weighted by molar-refractivity contribution is 0.0810. The molecular formula is C19H44NO5P. The van der Waals surface area contributed by atoms with Crippen molar-refractivity contribution in [1.82, 2.24) is 5.48 Å². The van der Waals surface area contributed by atoms with Crippen molar-refractivity contribution in [1.29, 1.82) is 0 Å². The van der Waals surface area contributed by atoms with E-state index in [1.807, 2.05) is 0 Å². The summed E-state index contributed by atoms with van der Waals surface area (Å²) >= 11 is 0. The van der Waals surface area contributed by atoms with Crippen LogP contribution in [0.15, 0.2) is 0 Å². The lowest BCUT2D eigenvalue weighted by atomic mass is 9.89. The minimum atomic E-state index is -4.29. The van der Waals surface area contributed by atoms with Gasteiger partial charge in [0.25, 0.3) is 0 Å². The van der Waals surface area contributed by atoms with Crippen molar-refractivity contribution in [2.24, 2.45) is 5.41 Å². The molecule has 0 saturated heterocycles. The van der Waals surface area contributed by atoms with Crippen molar-refractivity contribution >= 4 is 7.82 Å². The van der Waals surface area contributed by atoms with E-state index in [9.17, 15) is 4.57 Å². The Hall–Kier alpha value is 0.0300. The highest BCUT2D eigenvalue weighted by atomic mass is 31.2. The summed E-state index contributed by atoms with van der Waals surface area (Å²) < 4.78 is 14.4. The molecule has 0 aromatic heterocycles. The molecule has 0 aromatic carbocycles. The molecule has 0 atom stereocenters. The molecule has 26 heavy (non-hydrogen) atoms. The summed E-state index contributed by atoms with van der Waals surface area (Å²) in [5, 5.41) is 0. The summed E-state index contributed by atoms with van der Waals surface area (Å²) in [5.41, 5.74) is 2.62. The first-order valence-corrected chi connectivity index (χ1v) is 11.3. The average Bonchev–Trinajstić information content (AvgIpc) is 2.40. The molecule has 0 aliphatic rings. The van der Waals surface area contributed by atoms with Gasteiger partial charge in [-0.25, -0.2) is 10.0 Å². The van der Waals surface area contributed by atoms with Gasteiger partial charge in [0, 0.05) is 6.54 Å². The Balaban J connectivity index is 0. The predicted molar refractivity (Wildman–Crippen MR) is 109 cm³/mol. The fraction of sp³-hybridized carbons (Fsp3) is 1.00. The average molecular weight is 398 g/mol. The molecule has 0 saturated carbocycles. The molecule has 0 fully saturated rings. The summed E-state index contributed by atoms with van der Waals surface area (Å²) in [7, 11) is -2.61.